The van der Waals surface area contributed by atoms with Gasteiger partial charge < -0.3 is 9.88 Å². The maximum Gasteiger partial charge on any atom is 0.237 e. The zero-order valence-corrected chi connectivity index (χ0v) is 19.7. The molecule has 2 aromatic carbocycles. The summed E-state index contributed by atoms with van der Waals surface area (Å²) in [5, 5.41) is 12.3. The standard InChI is InChI=1S/C23H28N4OS2/c1-6-20(22(28)24-19-9-7-8-16(3)17(19)4)30-23-26-25-21(27(23)5)14-29-18-12-10-15(2)11-13-18/h7-13,20H,6,14H2,1-5H3,(H,24,28). The highest BCUT2D eigenvalue weighted by atomic mass is 32.2. The van der Waals surface area contributed by atoms with Gasteiger partial charge in [-0.05, 0) is 56.5 Å². The first kappa shape index (κ1) is 22.4. The number of carbonyl (C=O) groups is 1. The molecule has 0 saturated heterocycles. The van der Waals surface area contributed by atoms with Crippen LogP contribution in [0.15, 0.2) is 52.5 Å². The molecule has 1 unspecified atom stereocenters. The summed E-state index contributed by atoms with van der Waals surface area (Å²) in [4.78, 5) is 14.1. The van der Waals surface area contributed by atoms with Crippen LogP contribution in [-0.4, -0.2) is 25.9 Å². The number of amides is 1. The van der Waals surface area contributed by atoms with Crippen molar-refractivity contribution in [3.63, 3.8) is 0 Å². The van der Waals surface area contributed by atoms with E-state index in [1.165, 1.54) is 22.2 Å². The zero-order valence-electron chi connectivity index (χ0n) is 18.1. The van der Waals surface area contributed by atoms with E-state index in [0.29, 0.717) is 6.42 Å². The number of anilines is 1. The van der Waals surface area contributed by atoms with Gasteiger partial charge in [-0.25, -0.2) is 0 Å². The lowest BCUT2D eigenvalue weighted by Crippen LogP contribution is -2.25. The second kappa shape index (κ2) is 10.2. The van der Waals surface area contributed by atoms with Crippen molar-refractivity contribution in [3.05, 3.63) is 65.0 Å². The third-order valence-corrected chi connectivity index (χ3v) is 7.49. The number of hydrogen-bond donors (Lipinski definition) is 1. The largest absolute Gasteiger partial charge is 0.325 e. The second-order valence-electron chi connectivity index (χ2n) is 7.31. The quantitative estimate of drug-likeness (QED) is 0.466. The number of aryl methyl sites for hydroxylation is 2. The summed E-state index contributed by atoms with van der Waals surface area (Å²) in [5.41, 5.74) is 4.38. The van der Waals surface area contributed by atoms with Gasteiger partial charge in [-0.15, -0.1) is 22.0 Å². The molecule has 30 heavy (non-hydrogen) atoms. The molecule has 1 aromatic heterocycles. The number of hydrogen-bond acceptors (Lipinski definition) is 5. The third-order valence-electron chi connectivity index (χ3n) is 5.09. The van der Waals surface area contributed by atoms with Gasteiger partial charge >= 0.3 is 0 Å². The van der Waals surface area contributed by atoms with E-state index in [1.807, 2.05) is 50.6 Å². The average molecular weight is 441 g/mol. The summed E-state index contributed by atoms with van der Waals surface area (Å²) >= 11 is 3.20. The number of carbonyl (C=O) groups excluding carboxylic acids is 1. The van der Waals surface area contributed by atoms with E-state index in [2.05, 4.69) is 46.7 Å². The predicted octanol–water partition coefficient (Wildman–Crippen LogP) is 5.54. The van der Waals surface area contributed by atoms with E-state index in [0.717, 1.165) is 33.5 Å². The van der Waals surface area contributed by atoms with Gasteiger partial charge in [-0.1, -0.05) is 48.5 Å². The lowest BCUT2D eigenvalue weighted by atomic mass is 10.1. The van der Waals surface area contributed by atoms with Gasteiger partial charge in [0.1, 0.15) is 5.82 Å². The number of nitrogens with zero attached hydrogens (tertiary/aromatic N) is 3. The molecule has 0 aliphatic heterocycles. The van der Waals surface area contributed by atoms with Crippen molar-refractivity contribution in [2.75, 3.05) is 5.32 Å². The van der Waals surface area contributed by atoms with Crippen LogP contribution >= 0.6 is 23.5 Å². The van der Waals surface area contributed by atoms with Gasteiger partial charge in [0.2, 0.25) is 5.91 Å². The highest BCUT2D eigenvalue weighted by Crippen LogP contribution is 2.28. The molecule has 0 aliphatic rings. The molecule has 158 valence electrons. The first-order chi connectivity index (χ1) is 14.4. The van der Waals surface area contributed by atoms with Crippen LogP contribution in [0.2, 0.25) is 0 Å². The van der Waals surface area contributed by atoms with Crippen LogP contribution < -0.4 is 5.32 Å². The fourth-order valence-electron chi connectivity index (χ4n) is 2.90. The molecule has 3 aromatic rings. The molecule has 0 bridgehead atoms. The van der Waals surface area contributed by atoms with Gasteiger partial charge in [-0.2, -0.15) is 0 Å². The molecule has 7 heteroatoms. The van der Waals surface area contributed by atoms with Gasteiger partial charge in [0.25, 0.3) is 0 Å². The number of aromatic nitrogens is 3. The monoisotopic (exact) mass is 440 g/mol. The molecule has 0 fully saturated rings. The topological polar surface area (TPSA) is 59.8 Å². The van der Waals surface area contributed by atoms with Crippen molar-refractivity contribution >= 4 is 35.1 Å². The minimum atomic E-state index is -0.231. The van der Waals surface area contributed by atoms with E-state index in [-0.39, 0.29) is 11.2 Å². The lowest BCUT2D eigenvalue weighted by molar-refractivity contribution is -0.115. The van der Waals surface area contributed by atoms with Gasteiger partial charge in [0, 0.05) is 17.6 Å². The molecule has 5 nitrogen and oxygen atoms in total. The van der Waals surface area contributed by atoms with Crippen molar-refractivity contribution < 1.29 is 4.79 Å². The Balaban J connectivity index is 1.64. The Morgan fingerprint density at radius 3 is 2.53 bits per heavy atom. The van der Waals surface area contributed by atoms with Crippen LogP contribution in [0.3, 0.4) is 0 Å². The Kier molecular flexibility index (Phi) is 7.61. The van der Waals surface area contributed by atoms with Crippen molar-refractivity contribution in [3.8, 4) is 0 Å². The first-order valence-electron chi connectivity index (χ1n) is 10.0. The SMILES string of the molecule is CCC(Sc1nnc(CSc2ccc(C)cc2)n1C)C(=O)Nc1cccc(C)c1C. The lowest BCUT2D eigenvalue weighted by Gasteiger charge is -2.16. The molecular formula is C23H28N4OS2. The Labute approximate surface area is 187 Å². The normalized spacial score (nSPS) is 12.0. The molecule has 1 N–H and O–H groups in total. The molecule has 0 spiro atoms. The highest BCUT2D eigenvalue weighted by molar-refractivity contribution is 8.00. The number of nitrogens with one attached hydrogen (secondary N) is 1. The van der Waals surface area contributed by atoms with Crippen molar-refractivity contribution in [1.29, 1.82) is 0 Å². The number of benzene rings is 2. The van der Waals surface area contributed by atoms with Crippen molar-refractivity contribution in [1.82, 2.24) is 14.8 Å². The summed E-state index contributed by atoms with van der Waals surface area (Å²) in [7, 11) is 1.96. The summed E-state index contributed by atoms with van der Waals surface area (Å²) in [6.07, 6.45) is 0.710. The molecule has 3 rings (SSSR count). The minimum absolute atomic E-state index is 0.00483. The van der Waals surface area contributed by atoms with Crippen LogP contribution in [0.5, 0.6) is 0 Å². The minimum Gasteiger partial charge on any atom is -0.325 e. The zero-order chi connectivity index (χ0) is 21.7. The Morgan fingerprint density at radius 2 is 1.83 bits per heavy atom. The Hall–Kier alpha value is -2.25. The fraction of sp³-hybridized carbons (Fsp3) is 0.348. The molecule has 1 heterocycles. The van der Waals surface area contributed by atoms with Crippen LogP contribution in [0.1, 0.15) is 35.9 Å². The summed E-state index contributed by atoms with van der Waals surface area (Å²) in [5.74, 6) is 1.63. The second-order valence-corrected chi connectivity index (χ2v) is 9.53. The molecule has 0 aliphatic carbocycles. The van der Waals surface area contributed by atoms with E-state index < -0.39 is 0 Å². The predicted molar refractivity (Wildman–Crippen MR) is 126 cm³/mol. The van der Waals surface area contributed by atoms with E-state index >= 15 is 0 Å². The van der Waals surface area contributed by atoms with Gasteiger partial charge in [0.05, 0.1) is 11.0 Å². The van der Waals surface area contributed by atoms with Gasteiger partial charge in [-0.3, -0.25) is 4.79 Å². The van der Waals surface area contributed by atoms with Crippen LogP contribution in [-0.2, 0) is 17.6 Å². The summed E-state index contributed by atoms with van der Waals surface area (Å²) in [6, 6.07) is 14.4. The molecular weight excluding hydrogens is 412 g/mol. The van der Waals surface area contributed by atoms with Crippen LogP contribution in [0.25, 0.3) is 0 Å². The molecule has 0 radical (unpaired) electrons. The number of rotatable bonds is 8. The molecule has 0 saturated carbocycles. The van der Waals surface area contributed by atoms with E-state index in [4.69, 9.17) is 0 Å². The summed E-state index contributed by atoms with van der Waals surface area (Å²) < 4.78 is 1.99. The van der Waals surface area contributed by atoms with Crippen molar-refractivity contribution in [2.24, 2.45) is 7.05 Å². The first-order valence-corrected chi connectivity index (χ1v) is 11.9. The molecule has 1 amide bonds. The number of thioether (sulfide) groups is 2. The highest BCUT2D eigenvalue weighted by Gasteiger charge is 2.22. The Bertz CT molecular complexity index is 1010. The van der Waals surface area contributed by atoms with Crippen molar-refractivity contribution in [2.45, 2.75) is 55.2 Å². The third kappa shape index (κ3) is 5.46. The van der Waals surface area contributed by atoms with Crippen LogP contribution in [0, 0.1) is 20.8 Å². The smallest absolute Gasteiger partial charge is 0.237 e. The maximum absolute atomic E-state index is 12.9. The molecule has 1 atom stereocenters. The van der Waals surface area contributed by atoms with Crippen LogP contribution in [0.4, 0.5) is 5.69 Å². The Morgan fingerprint density at radius 1 is 1.10 bits per heavy atom. The average Bonchev–Trinajstić information content (AvgIpc) is 3.08. The fourth-order valence-corrected chi connectivity index (χ4v) is 4.72. The van der Waals surface area contributed by atoms with E-state index in [9.17, 15) is 4.79 Å². The summed E-state index contributed by atoms with van der Waals surface area (Å²) in [6.45, 7) is 8.18. The van der Waals surface area contributed by atoms with Gasteiger partial charge in [0.15, 0.2) is 5.16 Å². The maximum atomic E-state index is 12.9. The van der Waals surface area contributed by atoms with E-state index in [1.54, 1.807) is 11.8 Å².